The van der Waals surface area contributed by atoms with Crippen LogP contribution >= 0.6 is 0 Å². The van der Waals surface area contributed by atoms with Crippen LogP contribution in [0.5, 0.6) is 0 Å². The molecule has 1 saturated carbocycles. The molecule has 1 aliphatic carbocycles. The van der Waals surface area contributed by atoms with Crippen molar-refractivity contribution >= 4 is 5.91 Å². The summed E-state index contributed by atoms with van der Waals surface area (Å²) in [5, 5.41) is 7.15. The Morgan fingerprint density at radius 3 is 2.88 bits per heavy atom. The monoisotopic (exact) mass is 329 g/mol. The number of furan rings is 1. The summed E-state index contributed by atoms with van der Waals surface area (Å²) in [7, 11) is 0. The molecule has 1 fully saturated rings. The molecule has 3 rings (SSSR count). The fourth-order valence-corrected chi connectivity index (χ4v) is 3.19. The number of nitrogens with one attached hydrogen (secondary N) is 1. The van der Waals surface area contributed by atoms with Crippen molar-refractivity contribution in [3.8, 4) is 11.5 Å². The molecule has 0 radical (unpaired) electrons. The molecular formula is C18H23N3O3. The molecule has 2 aromatic rings. The minimum atomic E-state index is -0.189. The van der Waals surface area contributed by atoms with Crippen molar-refractivity contribution in [2.75, 3.05) is 6.54 Å². The van der Waals surface area contributed by atoms with Gasteiger partial charge in [0.25, 0.3) is 5.56 Å². The van der Waals surface area contributed by atoms with E-state index in [4.69, 9.17) is 4.42 Å². The highest BCUT2D eigenvalue weighted by Gasteiger charge is 2.16. The lowest BCUT2D eigenvalue weighted by Crippen LogP contribution is -2.32. The SMILES string of the molecule is O=C(CCC1CCCC1)NCCn1nc(-c2ccco2)ccc1=O. The van der Waals surface area contributed by atoms with Crippen LogP contribution < -0.4 is 10.9 Å². The Kier molecular flexibility index (Phi) is 5.46. The Labute approximate surface area is 140 Å². The van der Waals surface area contributed by atoms with Gasteiger partial charge in [0.05, 0.1) is 12.8 Å². The topological polar surface area (TPSA) is 77.1 Å². The first-order valence-electron chi connectivity index (χ1n) is 8.61. The summed E-state index contributed by atoms with van der Waals surface area (Å²) >= 11 is 0. The van der Waals surface area contributed by atoms with Crippen LogP contribution in [0.2, 0.25) is 0 Å². The second kappa shape index (κ2) is 7.95. The van der Waals surface area contributed by atoms with Gasteiger partial charge < -0.3 is 9.73 Å². The number of hydrogen-bond donors (Lipinski definition) is 1. The van der Waals surface area contributed by atoms with E-state index in [1.165, 1.54) is 36.4 Å². The third-order valence-corrected chi connectivity index (χ3v) is 4.54. The Balaban J connectivity index is 1.48. The zero-order valence-electron chi connectivity index (χ0n) is 13.7. The predicted octanol–water partition coefficient (Wildman–Crippen LogP) is 2.59. The molecule has 0 saturated heterocycles. The van der Waals surface area contributed by atoms with Gasteiger partial charge in [-0.1, -0.05) is 25.7 Å². The summed E-state index contributed by atoms with van der Waals surface area (Å²) in [6.45, 7) is 0.751. The minimum Gasteiger partial charge on any atom is -0.463 e. The molecule has 0 unspecified atom stereocenters. The average molecular weight is 329 g/mol. The van der Waals surface area contributed by atoms with Crippen molar-refractivity contribution in [2.45, 2.75) is 45.1 Å². The Morgan fingerprint density at radius 2 is 2.12 bits per heavy atom. The van der Waals surface area contributed by atoms with E-state index < -0.39 is 0 Å². The summed E-state index contributed by atoms with van der Waals surface area (Å²) in [6, 6.07) is 6.67. The second-order valence-electron chi connectivity index (χ2n) is 6.30. The fourth-order valence-electron chi connectivity index (χ4n) is 3.19. The molecule has 2 aromatic heterocycles. The van der Waals surface area contributed by atoms with Gasteiger partial charge in [0, 0.05) is 19.0 Å². The van der Waals surface area contributed by atoms with Gasteiger partial charge >= 0.3 is 0 Å². The molecule has 0 atom stereocenters. The van der Waals surface area contributed by atoms with Gasteiger partial charge in [-0.2, -0.15) is 5.10 Å². The van der Waals surface area contributed by atoms with Gasteiger partial charge in [0.1, 0.15) is 5.69 Å². The summed E-state index contributed by atoms with van der Waals surface area (Å²) in [4.78, 5) is 23.8. The lowest BCUT2D eigenvalue weighted by molar-refractivity contribution is -0.121. The van der Waals surface area contributed by atoms with Crippen molar-refractivity contribution in [3.63, 3.8) is 0 Å². The number of nitrogens with zero attached hydrogens (tertiary/aromatic N) is 2. The van der Waals surface area contributed by atoms with E-state index >= 15 is 0 Å². The largest absolute Gasteiger partial charge is 0.463 e. The molecule has 24 heavy (non-hydrogen) atoms. The van der Waals surface area contributed by atoms with Crippen molar-refractivity contribution in [3.05, 3.63) is 40.9 Å². The Hall–Kier alpha value is -2.37. The summed E-state index contributed by atoms with van der Waals surface area (Å²) in [5.74, 6) is 1.38. The van der Waals surface area contributed by atoms with Crippen molar-refractivity contribution in [1.29, 1.82) is 0 Å². The van der Waals surface area contributed by atoms with Crippen LogP contribution in [0.4, 0.5) is 0 Å². The van der Waals surface area contributed by atoms with Crippen molar-refractivity contribution in [2.24, 2.45) is 5.92 Å². The molecule has 6 nitrogen and oxygen atoms in total. The molecule has 1 N–H and O–H groups in total. The number of carbonyl (C=O) groups excluding carboxylic acids is 1. The maximum atomic E-state index is 11.9. The highest BCUT2D eigenvalue weighted by atomic mass is 16.3. The quantitative estimate of drug-likeness (QED) is 0.847. The lowest BCUT2D eigenvalue weighted by Gasteiger charge is -2.10. The zero-order chi connectivity index (χ0) is 16.8. The van der Waals surface area contributed by atoms with Gasteiger partial charge in [0.15, 0.2) is 5.76 Å². The first-order valence-corrected chi connectivity index (χ1v) is 8.61. The predicted molar refractivity (Wildman–Crippen MR) is 90.4 cm³/mol. The number of amides is 1. The molecule has 128 valence electrons. The van der Waals surface area contributed by atoms with Crippen LogP contribution in [0, 0.1) is 5.92 Å². The summed E-state index contributed by atoms with van der Waals surface area (Å²) in [6.07, 6.45) is 8.21. The van der Waals surface area contributed by atoms with E-state index in [0.29, 0.717) is 36.9 Å². The second-order valence-corrected chi connectivity index (χ2v) is 6.30. The highest BCUT2D eigenvalue weighted by Crippen LogP contribution is 2.28. The van der Waals surface area contributed by atoms with E-state index in [1.54, 1.807) is 24.5 Å². The highest BCUT2D eigenvalue weighted by molar-refractivity contribution is 5.75. The van der Waals surface area contributed by atoms with Crippen LogP contribution in [-0.4, -0.2) is 22.2 Å². The third kappa shape index (κ3) is 4.34. The van der Waals surface area contributed by atoms with E-state index in [1.807, 2.05) is 0 Å². The first-order chi connectivity index (χ1) is 11.7. The van der Waals surface area contributed by atoms with Gasteiger partial charge in [-0.05, 0) is 30.5 Å². The summed E-state index contributed by atoms with van der Waals surface area (Å²) < 4.78 is 6.65. The Bertz CT molecular complexity index is 715. The molecule has 0 spiro atoms. The third-order valence-electron chi connectivity index (χ3n) is 4.54. The lowest BCUT2D eigenvalue weighted by atomic mass is 10.0. The van der Waals surface area contributed by atoms with Crippen LogP contribution in [-0.2, 0) is 11.3 Å². The molecular weight excluding hydrogens is 306 g/mol. The average Bonchev–Trinajstić information content (AvgIpc) is 3.28. The fraction of sp³-hybridized carbons (Fsp3) is 0.500. The zero-order valence-corrected chi connectivity index (χ0v) is 13.7. The number of carbonyl (C=O) groups is 1. The maximum absolute atomic E-state index is 11.9. The molecule has 2 heterocycles. The molecule has 0 bridgehead atoms. The van der Waals surface area contributed by atoms with E-state index in [0.717, 1.165) is 6.42 Å². The number of aromatic nitrogens is 2. The van der Waals surface area contributed by atoms with Gasteiger partial charge in [-0.15, -0.1) is 0 Å². The normalized spacial score (nSPS) is 14.8. The Morgan fingerprint density at radius 1 is 1.29 bits per heavy atom. The van der Waals surface area contributed by atoms with Crippen LogP contribution in [0.1, 0.15) is 38.5 Å². The molecule has 6 heteroatoms. The smallest absolute Gasteiger partial charge is 0.266 e. The minimum absolute atomic E-state index is 0.0529. The van der Waals surface area contributed by atoms with E-state index in [2.05, 4.69) is 10.4 Å². The van der Waals surface area contributed by atoms with E-state index in [9.17, 15) is 9.59 Å². The molecule has 0 aromatic carbocycles. The molecule has 1 aliphatic rings. The van der Waals surface area contributed by atoms with Crippen molar-refractivity contribution in [1.82, 2.24) is 15.1 Å². The van der Waals surface area contributed by atoms with Gasteiger partial charge in [0.2, 0.25) is 5.91 Å². The number of hydrogen-bond acceptors (Lipinski definition) is 4. The standard InChI is InChI=1S/C18H23N3O3/c22-17(9-7-14-4-1-2-5-14)19-11-12-21-18(23)10-8-15(20-21)16-6-3-13-24-16/h3,6,8,10,13-14H,1-2,4-5,7,9,11-12H2,(H,19,22). The molecule has 1 amide bonds. The van der Waals surface area contributed by atoms with Gasteiger partial charge in [-0.3, -0.25) is 9.59 Å². The van der Waals surface area contributed by atoms with Crippen LogP contribution in [0.3, 0.4) is 0 Å². The molecule has 0 aliphatic heterocycles. The maximum Gasteiger partial charge on any atom is 0.266 e. The van der Waals surface area contributed by atoms with Gasteiger partial charge in [-0.25, -0.2) is 4.68 Å². The number of rotatable bonds is 7. The van der Waals surface area contributed by atoms with Crippen LogP contribution in [0.15, 0.2) is 39.7 Å². The summed E-state index contributed by atoms with van der Waals surface area (Å²) in [5.41, 5.74) is 0.415. The van der Waals surface area contributed by atoms with E-state index in [-0.39, 0.29) is 11.5 Å². The van der Waals surface area contributed by atoms with Crippen molar-refractivity contribution < 1.29 is 9.21 Å². The van der Waals surface area contributed by atoms with Crippen LogP contribution in [0.25, 0.3) is 11.5 Å². The first kappa shape index (κ1) is 16.5.